The van der Waals surface area contributed by atoms with Crippen molar-refractivity contribution in [1.29, 1.82) is 0 Å². The number of nitrogens with one attached hydrogen (secondary N) is 1. The van der Waals surface area contributed by atoms with E-state index in [-0.39, 0.29) is 11.7 Å². The second-order valence-corrected chi connectivity index (χ2v) is 7.29. The topological polar surface area (TPSA) is 76.2 Å². The molecule has 0 radical (unpaired) electrons. The van der Waals surface area contributed by atoms with Crippen LogP contribution < -0.4 is 5.32 Å². The normalized spacial score (nSPS) is 14.9. The third kappa shape index (κ3) is 3.84. The van der Waals surface area contributed by atoms with E-state index in [4.69, 9.17) is 4.52 Å². The van der Waals surface area contributed by atoms with Gasteiger partial charge < -0.3 is 9.84 Å². The highest BCUT2D eigenvalue weighted by Gasteiger charge is 2.19. The second-order valence-electron chi connectivity index (χ2n) is 7.29. The molecule has 1 fully saturated rings. The average molecular weight is 379 g/mol. The molecule has 146 valence electrons. The van der Waals surface area contributed by atoms with Gasteiger partial charge in [0.1, 0.15) is 5.69 Å². The fourth-order valence-corrected chi connectivity index (χ4v) is 3.58. The molecule has 1 amide bonds. The van der Waals surface area contributed by atoms with Crippen molar-refractivity contribution in [3.63, 3.8) is 0 Å². The quantitative estimate of drug-likeness (QED) is 0.733. The number of aromatic nitrogens is 3. The highest BCUT2D eigenvalue weighted by molar-refractivity contribution is 6.03. The first-order chi connectivity index (χ1) is 13.6. The molecule has 1 aliphatic rings. The molecule has 0 unspecified atom stereocenters. The maximum atomic E-state index is 12.7. The fourth-order valence-electron chi connectivity index (χ4n) is 3.58. The van der Waals surface area contributed by atoms with E-state index < -0.39 is 0 Å². The summed E-state index contributed by atoms with van der Waals surface area (Å²) in [5, 5.41) is 11.2. The number of piperidine rings is 1. The van der Waals surface area contributed by atoms with Crippen LogP contribution in [0.2, 0.25) is 0 Å². The van der Waals surface area contributed by atoms with Crippen molar-refractivity contribution in [2.75, 3.05) is 18.4 Å². The van der Waals surface area contributed by atoms with E-state index in [9.17, 15) is 4.79 Å². The zero-order chi connectivity index (χ0) is 19.5. The lowest BCUT2D eigenvalue weighted by molar-refractivity contribution is 0.0987. The summed E-state index contributed by atoms with van der Waals surface area (Å²) in [5.41, 5.74) is 4.36. The first-order valence-corrected chi connectivity index (χ1v) is 9.69. The molecular weight excluding hydrogens is 354 g/mol. The van der Waals surface area contributed by atoms with E-state index in [0.717, 1.165) is 42.1 Å². The van der Waals surface area contributed by atoms with Crippen LogP contribution in [-0.2, 0) is 13.6 Å². The number of likely N-dealkylation sites (tertiary alicyclic amines) is 1. The molecule has 7 nitrogen and oxygen atoms in total. The van der Waals surface area contributed by atoms with Crippen molar-refractivity contribution in [3.05, 3.63) is 53.5 Å². The van der Waals surface area contributed by atoms with Crippen molar-refractivity contribution in [2.45, 2.75) is 32.7 Å². The molecule has 3 aromatic rings. The highest BCUT2D eigenvalue weighted by atomic mass is 16.5. The molecule has 3 heterocycles. The Kier molecular flexibility index (Phi) is 5.25. The van der Waals surface area contributed by atoms with Gasteiger partial charge in [-0.05, 0) is 44.5 Å². The van der Waals surface area contributed by atoms with Gasteiger partial charge in [0, 0.05) is 36.6 Å². The smallest absolute Gasteiger partial charge is 0.294 e. The molecule has 28 heavy (non-hydrogen) atoms. The SMILES string of the molecule is Cc1c(-c2cc(C(=O)Nc3ccccc3CN3CCCCC3)on2)cnn1C. The number of amides is 1. The van der Waals surface area contributed by atoms with Crippen LogP contribution >= 0.6 is 0 Å². The summed E-state index contributed by atoms with van der Waals surface area (Å²) in [6.45, 7) is 5.01. The minimum atomic E-state index is -0.300. The Morgan fingerprint density at radius 1 is 1.21 bits per heavy atom. The van der Waals surface area contributed by atoms with Gasteiger partial charge in [-0.2, -0.15) is 5.10 Å². The number of hydrogen-bond acceptors (Lipinski definition) is 5. The Morgan fingerprint density at radius 3 is 2.75 bits per heavy atom. The van der Waals surface area contributed by atoms with Crippen LogP contribution in [0.5, 0.6) is 0 Å². The summed E-state index contributed by atoms with van der Waals surface area (Å²) in [5.74, 6) is -0.114. The number of nitrogens with zero attached hydrogens (tertiary/aromatic N) is 4. The molecular formula is C21H25N5O2. The van der Waals surface area contributed by atoms with Gasteiger partial charge in [-0.25, -0.2) is 0 Å². The van der Waals surface area contributed by atoms with E-state index >= 15 is 0 Å². The molecule has 0 bridgehead atoms. The molecule has 1 aromatic carbocycles. The maximum Gasteiger partial charge on any atom is 0.294 e. The Bertz CT molecular complexity index is 969. The Hall–Kier alpha value is -2.93. The van der Waals surface area contributed by atoms with Crippen LogP contribution in [0.4, 0.5) is 5.69 Å². The van der Waals surface area contributed by atoms with Crippen molar-refractivity contribution < 1.29 is 9.32 Å². The van der Waals surface area contributed by atoms with Gasteiger partial charge in [0.2, 0.25) is 5.76 Å². The first kappa shape index (κ1) is 18.4. The molecule has 7 heteroatoms. The minimum absolute atomic E-state index is 0.186. The van der Waals surface area contributed by atoms with Gasteiger partial charge in [0.15, 0.2) is 0 Å². The third-order valence-electron chi connectivity index (χ3n) is 5.35. The second kappa shape index (κ2) is 7.98. The highest BCUT2D eigenvalue weighted by Crippen LogP contribution is 2.24. The Labute approximate surface area is 164 Å². The van der Waals surface area contributed by atoms with Crippen molar-refractivity contribution in [2.24, 2.45) is 7.05 Å². The number of aryl methyl sites for hydroxylation is 1. The van der Waals surface area contributed by atoms with Gasteiger partial charge in [-0.15, -0.1) is 0 Å². The average Bonchev–Trinajstić information content (AvgIpc) is 3.32. The number of carbonyl (C=O) groups excluding carboxylic acids is 1. The van der Waals surface area contributed by atoms with Crippen molar-refractivity contribution in [3.8, 4) is 11.3 Å². The minimum Gasteiger partial charge on any atom is -0.350 e. The Balaban J connectivity index is 1.49. The molecule has 0 atom stereocenters. The zero-order valence-corrected chi connectivity index (χ0v) is 16.3. The van der Waals surface area contributed by atoms with Crippen LogP contribution in [0, 0.1) is 6.92 Å². The molecule has 1 saturated heterocycles. The molecule has 1 aliphatic heterocycles. The van der Waals surface area contributed by atoms with Crippen LogP contribution in [0.1, 0.15) is 41.1 Å². The summed E-state index contributed by atoms with van der Waals surface area (Å²) in [4.78, 5) is 15.2. The summed E-state index contributed by atoms with van der Waals surface area (Å²) >= 11 is 0. The van der Waals surface area contributed by atoms with Crippen LogP contribution in [0.25, 0.3) is 11.3 Å². The number of anilines is 1. The van der Waals surface area contributed by atoms with Crippen LogP contribution in [-0.4, -0.2) is 38.8 Å². The number of carbonyl (C=O) groups is 1. The maximum absolute atomic E-state index is 12.7. The summed E-state index contributed by atoms with van der Waals surface area (Å²) in [6.07, 6.45) is 5.51. The van der Waals surface area contributed by atoms with E-state index in [2.05, 4.69) is 26.5 Å². The van der Waals surface area contributed by atoms with Crippen molar-refractivity contribution >= 4 is 11.6 Å². The number of rotatable bonds is 5. The summed E-state index contributed by atoms with van der Waals surface area (Å²) < 4.78 is 7.06. The third-order valence-corrected chi connectivity index (χ3v) is 5.35. The van der Waals surface area contributed by atoms with E-state index in [0.29, 0.717) is 5.69 Å². The monoisotopic (exact) mass is 379 g/mol. The van der Waals surface area contributed by atoms with Gasteiger partial charge in [-0.3, -0.25) is 14.4 Å². The van der Waals surface area contributed by atoms with E-state index in [1.807, 2.05) is 32.2 Å². The van der Waals surface area contributed by atoms with Crippen molar-refractivity contribution in [1.82, 2.24) is 19.8 Å². The molecule has 0 aliphatic carbocycles. The van der Waals surface area contributed by atoms with E-state index in [1.165, 1.54) is 19.3 Å². The summed E-state index contributed by atoms with van der Waals surface area (Å²) in [7, 11) is 1.87. The van der Waals surface area contributed by atoms with Gasteiger partial charge in [0.05, 0.1) is 6.20 Å². The Morgan fingerprint density at radius 2 is 2.00 bits per heavy atom. The predicted octanol–water partition coefficient (Wildman–Crippen LogP) is 3.62. The molecule has 1 N–H and O–H groups in total. The van der Waals surface area contributed by atoms with Crippen LogP contribution in [0.15, 0.2) is 41.1 Å². The first-order valence-electron chi connectivity index (χ1n) is 9.69. The predicted molar refractivity (Wildman–Crippen MR) is 107 cm³/mol. The lowest BCUT2D eigenvalue weighted by Gasteiger charge is -2.27. The lowest BCUT2D eigenvalue weighted by Crippen LogP contribution is -2.29. The zero-order valence-electron chi connectivity index (χ0n) is 16.3. The summed E-state index contributed by atoms with van der Waals surface area (Å²) in [6, 6.07) is 9.59. The largest absolute Gasteiger partial charge is 0.350 e. The van der Waals surface area contributed by atoms with Gasteiger partial charge in [0.25, 0.3) is 5.91 Å². The molecule has 4 rings (SSSR count). The molecule has 0 spiro atoms. The lowest BCUT2D eigenvalue weighted by atomic mass is 10.1. The number of para-hydroxylation sites is 1. The van der Waals surface area contributed by atoms with Gasteiger partial charge in [-0.1, -0.05) is 29.8 Å². The van der Waals surface area contributed by atoms with E-state index in [1.54, 1.807) is 16.9 Å². The van der Waals surface area contributed by atoms with Gasteiger partial charge >= 0.3 is 0 Å². The van der Waals surface area contributed by atoms with Crippen LogP contribution in [0.3, 0.4) is 0 Å². The fraction of sp³-hybridized carbons (Fsp3) is 0.381. The number of benzene rings is 1. The number of hydrogen-bond donors (Lipinski definition) is 1. The molecule has 0 saturated carbocycles. The molecule has 2 aromatic heterocycles. The standard InChI is InChI=1S/C21H25N5O2/c1-15-17(13-22-25(15)2)19-12-20(28-24-19)21(27)23-18-9-5-4-8-16(18)14-26-10-6-3-7-11-26/h4-5,8-9,12-13H,3,6-7,10-11,14H2,1-2H3,(H,23,27).